The first-order valence-corrected chi connectivity index (χ1v) is 12.6. The molecule has 1 N–H and O–H groups in total. The molecule has 0 saturated heterocycles. The monoisotopic (exact) mass is 503 g/mol. The van der Waals surface area contributed by atoms with E-state index in [1.54, 1.807) is 31.0 Å². The highest BCUT2D eigenvalue weighted by molar-refractivity contribution is 7.25. The first kappa shape index (κ1) is 22.8. The van der Waals surface area contributed by atoms with Gasteiger partial charge in [0.15, 0.2) is 6.39 Å². The van der Waals surface area contributed by atoms with Gasteiger partial charge in [-0.25, -0.2) is 9.97 Å². The van der Waals surface area contributed by atoms with Gasteiger partial charge in [-0.3, -0.25) is 9.36 Å². The summed E-state index contributed by atoms with van der Waals surface area (Å²) in [5, 5.41) is 12.2. The van der Waals surface area contributed by atoms with Crippen molar-refractivity contribution in [3.05, 3.63) is 70.2 Å². The first-order valence-electron chi connectivity index (χ1n) is 11.8. The molecule has 0 spiro atoms. The lowest BCUT2D eigenvalue weighted by Crippen LogP contribution is -2.24. The summed E-state index contributed by atoms with van der Waals surface area (Å²) in [6.07, 6.45) is 4.85. The number of hydrogen-bond acceptors (Lipinski definition) is 8. The highest BCUT2D eigenvalue weighted by Gasteiger charge is 2.29. The molecule has 184 valence electrons. The van der Waals surface area contributed by atoms with Crippen LogP contribution < -0.4 is 10.3 Å². The van der Waals surface area contributed by atoms with E-state index in [1.807, 2.05) is 31.2 Å². The van der Waals surface area contributed by atoms with Crippen molar-refractivity contribution in [2.24, 2.45) is 0 Å². The number of thiophene rings is 1. The van der Waals surface area contributed by atoms with E-state index in [1.165, 1.54) is 17.7 Å². The maximum atomic E-state index is 14.1. The van der Waals surface area contributed by atoms with Crippen LogP contribution >= 0.6 is 11.3 Å². The van der Waals surface area contributed by atoms with Gasteiger partial charge >= 0.3 is 0 Å². The van der Waals surface area contributed by atoms with Crippen LogP contribution in [0.25, 0.3) is 31.7 Å². The van der Waals surface area contributed by atoms with Crippen LogP contribution in [0.4, 0.5) is 0 Å². The molecule has 0 amide bonds. The Balaban J connectivity index is 1.65. The van der Waals surface area contributed by atoms with Crippen LogP contribution in [0.2, 0.25) is 0 Å². The second-order valence-corrected chi connectivity index (χ2v) is 10.1. The van der Waals surface area contributed by atoms with Crippen LogP contribution in [0.3, 0.4) is 0 Å². The molecule has 0 bridgehead atoms. The number of rotatable bonds is 7. The Labute approximate surface area is 210 Å². The Morgan fingerprint density at radius 3 is 2.78 bits per heavy atom. The number of aromatic nitrogens is 3. The summed E-state index contributed by atoms with van der Waals surface area (Å²) in [7, 11) is 3.25. The number of methoxy groups -OCH3 is 2. The van der Waals surface area contributed by atoms with E-state index < -0.39 is 0 Å². The number of ether oxygens (including phenoxy) is 2. The fourth-order valence-electron chi connectivity index (χ4n) is 4.71. The lowest BCUT2D eigenvalue weighted by atomic mass is 10.0. The Morgan fingerprint density at radius 1 is 1.25 bits per heavy atom. The quantitative estimate of drug-likeness (QED) is 0.308. The van der Waals surface area contributed by atoms with E-state index >= 15 is 0 Å². The zero-order valence-corrected chi connectivity index (χ0v) is 21.0. The second kappa shape index (κ2) is 8.76. The van der Waals surface area contributed by atoms with Gasteiger partial charge in [-0.2, -0.15) is 0 Å². The SMILES string of the molecule is COc1ccc(-c2nc3sc4c(O)c(C(C)OC)ccc4c3c(=O)n2Cc2cnco2)c(C2CC2)c1. The van der Waals surface area contributed by atoms with Crippen LogP contribution in [-0.4, -0.2) is 33.9 Å². The van der Waals surface area contributed by atoms with Crippen molar-refractivity contribution in [2.75, 3.05) is 14.2 Å². The normalized spacial score (nSPS) is 14.5. The van der Waals surface area contributed by atoms with Gasteiger partial charge in [-0.05, 0) is 49.4 Å². The molecule has 1 atom stereocenters. The summed E-state index contributed by atoms with van der Waals surface area (Å²) < 4.78 is 18.7. The van der Waals surface area contributed by atoms with Crippen molar-refractivity contribution in [2.45, 2.75) is 38.3 Å². The van der Waals surface area contributed by atoms with E-state index in [9.17, 15) is 9.90 Å². The molecule has 9 heteroatoms. The Bertz CT molecular complexity index is 1650. The van der Waals surface area contributed by atoms with Crippen LogP contribution in [0.1, 0.15) is 48.7 Å². The largest absolute Gasteiger partial charge is 0.506 e. The Hall–Kier alpha value is -3.69. The number of phenolic OH excluding ortho intramolecular Hbond substituents is 1. The highest BCUT2D eigenvalue weighted by atomic mass is 32.1. The summed E-state index contributed by atoms with van der Waals surface area (Å²) in [6.45, 7) is 2.06. The van der Waals surface area contributed by atoms with Crippen LogP contribution in [0.15, 0.2) is 52.1 Å². The lowest BCUT2D eigenvalue weighted by Gasteiger charge is -2.15. The molecular weight excluding hydrogens is 478 g/mol. The minimum atomic E-state index is -0.286. The first-order chi connectivity index (χ1) is 17.5. The molecule has 0 radical (unpaired) electrons. The molecule has 1 aliphatic carbocycles. The second-order valence-electron chi connectivity index (χ2n) is 9.06. The number of nitrogens with zero attached hydrogens (tertiary/aromatic N) is 3. The molecule has 3 aromatic heterocycles. The fourth-order valence-corrected chi connectivity index (χ4v) is 5.83. The summed E-state index contributed by atoms with van der Waals surface area (Å²) >= 11 is 1.32. The molecule has 1 fully saturated rings. The highest BCUT2D eigenvalue weighted by Crippen LogP contribution is 2.46. The van der Waals surface area contributed by atoms with E-state index in [-0.39, 0.29) is 24.0 Å². The van der Waals surface area contributed by atoms with Crippen molar-refractivity contribution in [1.29, 1.82) is 0 Å². The number of hydrogen-bond donors (Lipinski definition) is 1. The predicted molar refractivity (Wildman–Crippen MR) is 138 cm³/mol. The van der Waals surface area contributed by atoms with E-state index in [2.05, 4.69) is 4.98 Å². The number of phenols is 1. The molecule has 36 heavy (non-hydrogen) atoms. The molecule has 6 rings (SSSR count). The minimum absolute atomic E-state index is 0.121. The molecule has 2 aromatic carbocycles. The lowest BCUT2D eigenvalue weighted by molar-refractivity contribution is 0.117. The van der Waals surface area contributed by atoms with Gasteiger partial charge in [0, 0.05) is 23.6 Å². The average Bonchev–Trinajstić information content (AvgIpc) is 3.48. The molecule has 0 aliphatic heterocycles. The van der Waals surface area contributed by atoms with E-state index in [4.69, 9.17) is 18.9 Å². The zero-order valence-electron chi connectivity index (χ0n) is 20.1. The van der Waals surface area contributed by atoms with Crippen molar-refractivity contribution < 1.29 is 19.0 Å². The van der Waals surface area contributed by atoms with Crippen LogP contribution in [0.5, 0.6) is 11.5 Å². The molecular formula is C27H25N3O5S. The molecule has 1 aliphatic rings. The number of fused-ring (bicyclic) bond motifs is 3. The number of benzene rings is 2. The van der Waals surface area contributed by atoms with Gasteiger partial charge in [0.2, 0.25) is 0 Å². The standard InChI is InChI=1S/C27H25N3O5S/c1-14(33-2)18-8-9-20-22-26(36-24(20)23(18)31)29-25(30(27(22)32)12-17-11-28-13-35-17)19-7-6-16(34-3)10-21(19)15-4-5-15/h6-11,13-15,31H,4-5,12H2,1-3H3. The van der Waals surface area contributed by atoms with Gasteiger partial charge in [-0.15, -0.1) is 11.3 Å². The molecule has 1 saturated carbocycles. The number of oxazole rings is 1. The van der Waals surface area contributed by atoms with Gasteiger partial charge in [0.1, 0.15) is 27.9 Å². The molecule has 3 heterocycles. The van der Waals surface area contributed by atoms with Gasteiger partial charge in [-0.1, -0.05) is 12.1 Å². The van der Waals surface area contributed by atoms with Gasteiger partial charge in [0.05, 0.1) is 36.0 Å². The molecule has 1 unspecified atom stereocenters. The summed E-state index contributed by atoms with van der Waals surface area (Å²) in [6, 6.07) is 9.58. The van der Waals surface area contributed by atoms with Crippen molar-refractivity contribution in [3.8, 4) is 22.9 Å². The minimum Gasteiger partial charge on any atom is -0.506 e. The Kier molecular flexibility index (Phi) is 5.54. The topological polar surface area (TPSA) is 99.6 Å². The van der Waals surface area contributed by atoms with Crippen LogP contribution in [0, 0.1) is 0 Å². The summed E-state index contributed by atoms with van der Waals surface area (Å²) in [5.41, 5.74) is 2.49. The third kappa shape index (κ3) is 3.66. The van der Waals surface area contributed by atoms with Crippen molar-refractivity contribution in [1.82, 2.24) is 14.5 Å². The van der Waals surface area contributed by atoms with Crippen molar-refractivity contribution >= 4 is 31.6 Å². The van der Waals surface area contributed by atoms with Gasteiger partial charge in [0.25, 0.3) is 5.56 Å². The third-order valence-electron chi connectivity index (χ3n) is 6.87. The van der Waals surface area contributed by atoms with Gasteiger partial charge < -0.3 is 19.0 Å². The maximum Gasteiger partial charge on any atom is 0.263 e. The summed E-state index contributed by atoms with van der Waals surface area (Å²) in [4.78, 5) is 23.7. The zero-order chi connectivity index (χ0) is 25.0. The predicted octanol–water partition coefficient (Wildman–Crippen LogP) is 5.61. The average molecular weight is 504 g/mol. The number of aromatic hydroxyl groups is 1. The Morgan fingerprint density at radius 2 is 2.08 bits per heavy atom. The van der Waals surface area contributed by atoms with E-state index in [0.717, 1.165) is 29.7 Å². The van der Waals surface area contributed by atoms with E-state index in [0.29, 0.717) is 43.4 Å². The molecule has 8 nitrogen and oxygen atoms in total. The fraction of sp³-hybridized carbons (Fsp3) is 0.296. The summed E-state index contributed by atoms with van der Waals surface area (Å²) in [5.74, 6) is 2.42. The third-order valence-corrected chi connectivity index (χ3v) is 7.98. The maximum absolute atomic E-state index is 14.1. The smallest absolute Gasteiger partial charge is 0.263 e. The molecule has 5 aromatic rings. The van der Waals surface area contributed by atoms with Crippen molar-refractivity contribution in [3.63, 3.8) is 0 Å². The van der Waals surface area contributed by atoms with Crippen LogP contribution in [-0.2, 0) is 11.3 Å².